The topological polar surface area (TPSA) is 267 Å². The minimum atomic E-state index is -5.05. The van der Waals surface area contributed by atoms with Gasteiger partial charge in [0.15, 0.2) is 11.9 Å². The summed E-state index contributed by atoms with van der Waals surface area (Å²) in [5.41, 5.74) is 0.415. The number of likely N-dealkylation sites (N-methyl/N-ethyl adjacent to an activating group) is 2. The van der Waals surface area contributed by atoms with E-state index in [9.17, 15) is 48.2 Å². The Bertz CT molecular complexity index is 2290. The molecule has 23 heteroatoms. The van der Waals surface area contributed by atoms with Gasteiger partial charge in [0.25, 0.3) is 5.91 Å². The number of likely N-dealkylation sites (tertiary alicyclic amines) is 1. The average molecular weight is 1050 g/mol. The summed E-state index contributed by atoms with van der Waals surface area (Å²) in [6.07, 6.45) is 4.70. The predicted molar refractivity (Wildman–Crippen MR) is 270 cm³/mol. The Hall–Kier alpha value is -4.57. The van der Waals surface area contributed by atoms with E-state index >= 15 is 0 Å². The quantitative estimate of drug-likeness (QED) is 0.0192. The van der Waals surface area contributed by atoms with Gasteiger partial charge in [0.2, 0.25) is 17.7 Å². The number of aliphatic carboxylic acids is 1. The number of thiazole rings is 1. The third-order valence-electron chi connectivity index (χ3n) is 12.1. The van der Waals surface area contributed by atoms with Gasteiger partial charge in [-0.3, -0.25) is 43.5 Å². The Morgan fingerprint density at radius 2 is 1.79 bits per heavy atom. The fourth-order valence-electron chi connectivity index (χ4n) is 8.04. The lowest BCUT2D eigenvalue weighted by molar-refractivity contribution is -0.149. The summed E-state index contributed by atoms with van der Waals surface area (Å²) in [6.45, 7) is 11.3. The predicted octanol–water partition coefficient (Wildman–Crippen LogP) is 7.11. The van der Waals surface area contributed by atoms with Crippen LogP contribution in [0.4, 0.5) is 5.69 Å². The molecule has 0 radical (unpaired) electrons. The van der Waals surface area contributed by atoms with Gasteiger partial charge in [0.1, 0.15) is 21.8 Å². The summed E-state index contributed by atoms with van der Waals surface area (Å²) in [6, 6.07) is 7.34. The molecule has 0 spiro atoms. The van der Waals surface area contributed by atoms with Crippen molar-refractivity contribution >= 4 is 82.0 Å². The highest BCUT2D eigenvalue weighted by atomic mass is 33.1. The summed E-state index contributed by atoms with van der Waals surface area (Å²) in [5.74, 6) is -4.16. The number of hydrogen-bond acceptors (Lipinski definition) is 15. The van der Waals surface area contributed by atoms with E-state index in [4.69, 9.17) is 9.26 Å². The number of ether oxygens (including phenoxy) is 1. The second-order valence-corrected chi connectivity index (χ2v) is 22.5. The number of carbonyl (C=O) groups is 6. The Morgan fingerprint density at radius 1 is 1.04 bits per heavy atom. The van der Waals surface area contributed by atoms with Gasteiger partial charge in [-0.1, -0.05) is 70.4 Å². The fourth-order valence-corrected chi connectivity index (χ4v) is 11.3. The van der Waals surface area contributed by atoms with Crippen LogP contribution in [0.3, 0.4) is 0 Å². The number of carbonyl (C=O) groups excluding carboxylic acids is 5. The molecule has 0 saturated carbocycles. The van der Waals surface area contributed by atoms with Crippen LogP contribution in [0.15, 0.2) is 53.0 Å². The average Bonchev–Trinajstić information content (AvgIpc) is 3.80. The number of benzene rings is 1. The molecule has 1 saturated heterocycles. The number of esters is 1. The molecule has 1 aliphatic heterocycles. The van der Waals surface area contributed by atoms with Gasteiger partial charge in [-0.2, -0.15) is 0 Å². The van der Waals surface area contributed by atoms with Gasteiger partial charge >= 0.3 is 19.8 Å². The largest absolute Gasteiger partial charge is 0.524 e. The molecule has 70 heavy (non-hydrogen) atoms. The number of nitrogens with zero attached hydrogens (tertiary/aromatic N) is 4. The number of carboxylic acid groups (broad SMARTS) is 1. The molecule has 3 aromatic rings. The van der Waals surface area contributed by atoms with Gasteiger partial charge < -0.3 is 35.2 Å². The number of aromatic nitrogens is 2. The van der Waals surface area contributed by atoms with Crippen LogP contribution >= 0.6 is 40.7 Å². The third kappa shape index (κ3) is 18.6. The van der Waals surface area contributed by atoms with Crippen LogP contribution in [0.5, 0.6) is 5.75 Å². The molecule has 386 valence electrons. The van der Waals surface area contributed by atoms with E-state index in [0.29, 0.717) is 35.6 Å². The highest BCUT2D eigenvalue weighted by Crippen LogP contribution is 2.42. The number of piperidine rings is 1. The Labute approximate surface area is 422 Å². The summed E-state index contributed by atoms with van der Waals surface area (Å²) in [7, 11) is 1.53. The van der Waals surface area contributed by atoms with Crippen LogP contribution in [0.25, 0.3) is 0 Å². The Kier molecular flexibility index (Phi) is 23.1. The van der Waals surface area contributed by atoms with Gasteiger partial charge in [-0.15, -0.1) is 11.3 Å². The van der Waals surface area contributed by atoms with Crippen LogP contribution in [0, 0.1) is 17.8 Å². The highest BCUT2D eigenvalue weighted by molar-refractivity contribution is 8.76. The number of amides is 4. The van der Waals surface area contributed by atoms with Crippen molar-refractivity contribution in [2.75, 3.05) is 31.7 Å². The minimum Gasteiger partial charge on any atom is -0.481 e. The molecule has 4 amide bonds. The first kappa shape index (κ1) is 58.0. The van der Waals surface area contributed by atoms with Crippen LogP contribution in [0.2, 0.25) is 0 Å². The first-order valence-corrected chi connectivity index (χ1v) is 28.1. The van der Waals surface area contributed by atoms with Gasteiger partial charge in [0.05, 0.1) is 17.6 Å². The lowest BCUT2D eigenvalue weighted by atomic mass is 9.92. The summed E-state index contributed by atoms with van der Waals surface area (Å²) >= 11 is 1.08. The maximum absolute atomic E-state index is 14.3. The standard InChI is InChI=1S/C47H68N7O12PS3/c1-9-29(4)42(52-44(58)36-15-11-13-21-53(36)7)46(59)54(8)37(28(2)3)26-39(65-31(6)55)45-51-35(27-68-45)43(57)49-33(23-30(5)47(60)61)24-32-18-19-38(66-67(62,63)64)34(25-32)50-40(56)16-14-22-69-70-41-17-10-12-20-48-41/h10,12,17-20,25,27-30,33,36-37,39,42H,9,11,13-16,21-24,26H2,1-8H3,(H,49,57)(H,50,56)(H,52,58)(H,60,61)(H2,62,63,64)/t29-,30?,33+,36?,37+,39+,42-/m0/s1. The molecule has 0 aliphatic carbocycles. The molecule has 0 bridgehead atoms. The summed E-state index contributed by atoms with van der Waals surface area (Å²) in [4.78, 5) is 111. The van der Waals surface area contributed by atoms with Crippen molar-refractivity contribution in [2.24, 2.45) is 17.8 Å². The molecular weight excluding hydrogens is 982 g/mol. The second kappa shape index (κ2) is 27.9. The van der Waals surface area contributed by atoms with E-state index in [0.717, 1.165) is 35.7 Å². The van der Waals surface area contributed by atoms with Crippen molar-refractivity contribution in [3.63, 3.8) is 0 Å². The molecule has 2 aromatic heterocycles. The van der Waals surface area contributed by atoms with Crippen molar-refractivity contribution in [3.05, 3.63) is 64.2 Å². The van der Waals surface area contributed by atoms with Crippen molar-refractivity contribution in [2.45, 2.75) is 135 Å². The molecule has 1 fully saturated rings. The fraction of sp³-hybridized carbons (Fsp3) is 0.574. The maximum Gasteiger partial charge on any atom is 0.524 e. The van der Waals surface area contributed by atoms with E-state index < -0.39 is 61.7 Å². The van der Waals surface area contributed by atoms with E-state index in [-0.39, 0.29) is 72.5 Å². The number of carboxylic acids is 1. The summed E-state index contributed by atoms with van der Waals surface area (Å²) < 4.78 is 22.6. The third-order valence-corrected chi connectivity index (χ3v) is 15.8. The van der Waals surface area contributed by atoms with E-state index in [1.807, 2.05) is 57.8 Å². The molecule has 1 aromatic carbocycles. The van der Waals surface area contributed by atoms with Crippen LogP contribution < -0.4 is 20.5 Å². The van der Waals surface area contributed by atoms with Crippen LogP contribution in [-0.2, 0) is 39.7 Å². The molecule has 6 N–H and O–H groups in total. The number of nitrogens with one attached hydrogen (secondary N) is 3. The molecule has 1 aliphatic rings. The Morgan fingerprint density at radius 3 is 2.41 bits per heavy atom. The molecule has 7 atom stereocenters. The maximum atomic E-state index is 14.3. The monoisotopic (exact) mass is 1050 g/mol. The number of anilines is 1. The number of phosphoric ester groups is 1. The van der Waals surface area contributed by atoms with Gasteiger partial charge in [-0.05, 0) is 98.2 Å². The van der Waals surface area contributed by atoms with Gasteiger partial charge in [-0.25, -0.2) is 14.5 Å². The zero-order valence-corrected chi connectivity index (χ0v) is 44.3. The first-order chi connectivity index (χ1) is 33.1. The van der Waals surface area contributed by atoms with Crippen molar-refractivity contribution < 1.29 is 57.5 Å². The van der Waals surface area contributed by atoms with Crippen LogP contribution in [-0.4, -0.2) is 121 Å². The van der Waals surface area contributed by atoms with Crippen molar-refractivity contribution in [3.8, 4) is 5.75 Å². The Balaban J connectivity index is 1.52. The zero-order chi connectivity index (χ0) is 51.7. The summed E-state index contributed by atoms with van der Waals surface area (Å²) in [5, 5.41) is 21.1. The van der Waals surface area contributed by atoms with Crippen molar-refractivity contribution in [1.82, 2.24) is 30.4 Å². The number of rotatable bonds is 27. The molecule has 3 heterocycles. The first-order valence-electron chi connectivity index (χ1n) is 23.4. The second-order valence-electron chi connectivity index (χ2n) is 18.0. The smallest absolute Gasteiger partial charge is 0.481 e. The zero-order valence-electron chi connectivity index (χ0n) is 41.0. The minimum absolute atomic E-state index is 0.0298. The number of phosphoric acid groups is 1. The lowest BCUT2D eigenvalue weighted by Gasteiger charge is -2.38. The van der Waals surface area contributed by atoms with E-state index in [1.54, 1.807) is 18.1 Å². The lowest BCUT2D eigenvalue weighted by Crippen LogP contribution is -2.58. The highest BCUT2D eigenvalue weighted by Gasteiger charge is 2.37. The molecular formula is C47H68N7O12PS3. The normalized spacial score (nSPS) is 16.8. The number of pyridine rings is 1. The SMILES string of the molecule is CC[C@H](C)[C@H](NC(=O)C1CCCCN1C)C(=O)N(C)[C@H](C[C@@H](OC(C)=O)c1nc(C(=O)N[C@@H](Cc2ccc(OP(=O)(O)O)c(NC(=O)CCCSSc3ccccn3)c2)CC(C)C(=O)O)cs1)C(C)C. The van der Waals surface area contributed by atoms with E-state index in [2.05, 4.69) is 25.9 Å². The molecule has 2 unspecified atom stereocenters. The van der Waals surface area contributed by atoms with Crippen LogP contribution in [0.1, 0.15) is 120 Å². The van der Waals surface area contributed by atoms with Gasteiger partial charge in [0, 0.05) is 56.2 Å². The molecule has 4 rings (SSSR count). The van der Waals surface area contributed by atoms with Crippen molar-refractivity contribution in [1.29, 1.82) is 0 Å². The number of hydrogen-bond donors (Lipinski definition) is 6. The van der Waals surface area contributed by atoms with E-state index in [1.165, 1.54) is 59.0 Å². The molecule has 19 nitrogen and oxygen atoms in total.